The van der Waals surface area contributed by atoms with Gasteiger partial charge in [0, 0.05) is 11.7 Å². The Bertz CT molecular complexity index is 1000. The van der Waals surface area contributed by atoms with Crippen molar-refractivity contribution in [1.29, 1.82) is 0 Å². The molecule has 1 heterocycles. The van der Waals surface area contributed by atoms with Gasteiger partial charge in [-0.3, -0.25) is 9.89 Å². The number of halogens is 1. The predicted octanol–water partition coefficient (Wildman–Crippen LogP) is 3.13. The number of carbonyl (C=O) groups is 1. The van der Waals surface area contributed by atoms with Crippen molar-refractivity contribution in [2.24, 2.45) is 5.73 Å². The SMILES string of the molecule is NCCc1ccc(Oc2ccc(F)c(C(=O)NC3CCc4[nH]ncc4C3)c2)cc1. The number of nitrogens with zero attached hydrogens (tertiary/aromatic N) is 1. The van der Waals surface area contributed by atoms with Crippen LogP contribution in [0.25, 0.3) is 0 Å². The summed E-state index contributed by atoms with van der Waals surface area (Å²) >= 11 is 0. The zero-order valence-electron chi connectivity index (χ0n) is 16.0. The van der Waals surface area contributed by atoms with Gasteiger partial charge in [-0.25, -0.2) is 4.39 Å². The first-order valence-corrected chi connectivity index (χ1v) is 9.71. The zero-order chi connectivity index (χ0) is 20.2. The normalized spacial score (nSPS) is 15.6. The van der Waals surface area contributed by atoms with E-state index in [1.54, 1.807) is 6.20 Å². The highest BCUT2D eigenvalue weighted by Gasteiger charge is 2.23. The van der Waals surface area contributed by atoms with Crippen molar-refractivity contribution in [3.05, 3.63) is 76.9 Å². The van der Waals surface area contributed by atoms with Gasteiger partial charge in [-0.2, -0.15) is 5.10 Å². The lowest BCUT2D eigenvalue weighted by molar-refractivity contribution is 0.0929. The molecule has 1 aliphatic carbocycles. The molecule has 1 aliphatic rings. The van der Waals surface area contributed by atoms with Gasteiger partial charge in [0.15, 0.2) is 0 Å². The van der Waals surface area contributed by atoms with Gasteiger partial charge in [-0.05, 0) is 73.7 Å². The minimum Gasteiger partial charge on any atom is -0.457 e. The number of hydrogen-bond donors (Lipinski definition) is 3. The average Bonchev–Trinajstić information content (AvgIpc) is 3.19. The molecule has 1 amide bonds. The van der Waals surface area contributed by atoms with Crippen molar-refractivity contribution in [2.75, 3.05) is 6.54 Å². The van der Waals surface area contributed by atoms with Gasteiger partial charge in [0.2, 0.25) is 0 Å². The number of amides is 1. The molecule has 1 unspecified atom stereocenters. The molecule has 0 saturated carbocycles. The second kappa shape index (κ2) is 8.45. The number of aromatic amines is 1. The van der Waals surface area contributed by atoms with Gasteiger partial charge in [-0.15, -0.1) is 0 Å². The first-order valence-electron chi connectivity index (χ1n) is 9.71. The van der Waals surface area contributed by atoms with Crippen LogP contribution in [0.5, 0.6) is 11.5 Å². The third-order valence-electron chi connectivity index (χ3n) is 5.13. The fourth-order valence-corrected chi connectivity index (χ4v) is 3.57. The maximum atomic E-state index is 14.3. The van der Waals surface area contributed by atoms with Crippen molar-refractivity contribution in [3.63, 3.8) is 0 Å². The van der Waals surface area contributed by atoms with Crippen LogP contribution in [0.1, 0.15) is 33.6 Å². The van der Waals surface area contributed by atoms with Crippen LogP contribution in [0.2, 0.25) is 0 Å². The van der Waals surface area contributed by atoms with E-state index in [2.05, 4.69) is 15.5 Å². The zero-order valence-corrected chi connectivity index (χ0v) is 16.0. The lowest BCUT2D eigenvalue weighted by Crippen LogP contribution is -2.39. The molecule has 2 aromatic carbocycles. The monoisotopic (exact) mass is 394 g/mol. The van der Waals surface area contributed by atoms with Crippen LogP contribution >= 0.6 is 0 Å². The Morgan fingerprint density at radius 2 is 2.03 bits per heavy atom. The number of rotatable bonds is 6. The highest BCUT2D eigenvalue weighted by atomic mass is 19.1. The summed E-state index contributed by atoms with van der Waals surface area (Å²) in [4.78, 5) is 12.7. The molecule has 0 spiro atoms. The summed E-state index contributed by atoms with van der Waals surface area (Å²) in [6.45, 7) is 0.583. The number of ether oxygens (including phenoxy) is 1. The molecule has 0 radical (unpaired) electrons. The molecular formula is C22H23FN4O2. The average molecular weight is 394 g/mol. The quantitative estimate of drug-likeness (QED) is 0.599. The van der Waals surface area contributed by atoms with Crippen molar-refractivity contribution in [2.45, 2.75) is 31.7 Å². The first-order chi connectivity index (χ1) is 14.1. The molecule has 4 rings (SSSR count). The van der Waals surface area contributed by atoms with Gasteiger partial charge in [0.05, 0.1) is 11.8 Å². The van der Waals surface area contributed by atoms with Crippen LogP contribution in [-0.2, 0) is 19.3 Å². The second-order valence-corrected chi connectivity index (χ2v) is 7.21. The molecule has 6 nitrogen and oxygen atoms in total. The summed E-state index contributed by atoms with van der Waals surface area (Å²) in [6, 6.07) is 11.7. The number of aromatic nitrogens is 2. The van der Waals surface area contributed by atoms with Crippen LogP contribution in [0.3, 0.4) is 0 Å². The molecular weight excluding hydrogens is 371 g/mol. The highest BCUT2D eigenvalue weighted by Crippen LogP contribution is 2.25. The Morgan fingerprint density at radius 3 is 2.83 bits per heavy atom. The molecule has 1 atom stereocenters. The fourth-order valence-electron chi connectivity index (χ4n) is 3.57. The molecule has 3 aromatic rings. The third kappa shape index (κ3) is 4.46. The maximum absolute atomic E-state index is 14.3. The van der Waals surface area contributed by atoms with E-state index in [1.165, 1.54) is 18.2 Å². The predicted molar refractivity (Wildman–Crippen MR) is 108 cm³/mol. The molecule has 29 heavy (non-hydrogen) atoms. The van der Waals surface area contributed by atoms with Crippen LogP contribution < -0.4 is 15.8 Å². The lowest BCUT2D eigenvalue weighted by atomic mass is 9.93. The highest BCUT2D eigenvalue weighted by molar-refractivity contribution is 5.95. The van der Waals surface area contributed by atoms with E-state index in [-0.39, 0.29) is 11.6 Å². The van der Waals surface area contributed by atoms with E-state index in [0.717, 1.165) is 36.1 Å². The molecule has 0 aliphatic heterocycles. The Balaban J connectivity index is 1.44. The smallest absolute Gasteiger partial charge is 0.254 e. The molecule has 4 N–H and O–H groups in total. The van der Waals surface area contributed by atoms with Gasteiger partial charge in [0.1, 0.15) is 17.3 Å². The second-order valence-electron chi connectivity index (χ2n) is 7.21. The van der Waals surface area contributed by atoms with E-state index < -0.39 is 11.7 Å². The molecule has 1 aromatic heterocycles. The summed E-state index contributed by atoms with van der Waals surface area (Å²) < 4.78 is 20.1. The van der Waals surface area contributed by atoms with Gasteiger partial charge in [0.25, 0.3) is 5.91 Å². The number of nitrogens with one attached hydrogen (secondary N) is 2. The summed E-state index contributed by atoms with van der Waals surface area (Å²) in [5.74, 6) is 0.00328. The molecule has 0 saturated heterocycles. The molecule has 150 valence electrons. The number of aryl methyl sites for hydroxylation is 1. The van der Waals surface area contributed by atoms with Crippen LogP contribution in [0.15, 0.2) is 48.7 Å². The Hall–Kier alpha value is -3.19. The number of carbonyl (C=O) groups excluding carboxylic acids is 1. The summed E-state index contributed by atoms with van der Waals surface area (Å²) in [6.07, 6.45) is 4.86. The van der Waals surface area contributed by atoms with Crippen molar-refractivity contribution in [3.8, 4) is 11.5 Å². The number of nitrogens with two attached hydrogens (primary N) is 1. The number of benzene rings is 2. The largest absolute Gasteiger partial charge is 0.457 e. The van der Waals surface area contributed by atoms with Gasteiger partial charge >= 0.3 is 0 Å². The number of fused-ring (bicyclic) bond motifs is 1. The van der Waals surface area contributed by atoms with E-state index in [4.69, 9.17) is 10.5 Å². The maximum Gasteiger partial charge on any atom is 0.254 e. The van der Waals surface area contributed by atoms with Crippen LogP contribution in [-0.4, -0.2) is 28.7 Å². The number of hydrogen-bond acceptors (Lipinski definition) is 4. The van der Waals surface area contributed by atoms with Crippen LogP contribution in [0, 0.1) is 5.82 Å². The van der Waals surface area contributed by atoms with Gasteiger partial charge in [-0.1, -0.05) is 12.1 Å². The van der Waals surface area contributed by atoms with Gasteiger partial charge < -0.3 is 15.8 Å². The third-order valence-corrected chi connectivity index (χ3v) is 5.13. The molecule has 0 fully saturated rings. The van der Waals surface area contributed by atoms with E-state index in [9.17, 15) is 9.18 Å². The summed E-state index contributed by atoms with van der Waals surface area (Å²) in [7, 11) is 0. The Labute approximate surface area is 168 Å². The van der Waals surface area contributed by atoms with E-state index in [1.807, 2.05) is 24.3 Å². The minimum absolute atomic E-state index is 0.0276. The summed E-state index contributed by atoms with van der Waals surface area (Å²) in [5, 5.41) is 9.94. The molecule has 7 heteroatoms. The minimum atomic E-state index is -0.576. The lowest BCUT2D eigenvalue weighted by Gasteiger charge is -2.23. The van der Waals surface area contributed by atoms with Crippen LogP contribution in [0.4, 0.5) is 4.39 Å². The Kier molecular flexibility index (Phi) is 5.57. The topological polar surface area (TPSA) is 93.0 Å². The molecule has 0 bridgehead atoms. The first kappa shape index (κ1) is 19.1. The number of H-pyrrole nitrogens is 1. The van der Waals surface area contributed by atoms with Crippen molar-refractivity contribution >= 4 is 5.91 Å². The van der Waals surface area contributed by atoms with E-state index >= 15 is 0 Å². The summed E-state index contributed by atoms with van der Waals surface area (Å²) in [5.41, 5.74) is 8.85. The van der Waals surface area contributed by atoms with Crippen molar-refractivity contribution < 1.29 is 13.9 Å². The standard InChI is InChI=1S/C22H23FN4O2/c23-20-7-6-18(29-17-4-1-14(2-5-17)9-10-24)12-19(20)22(28)26-16-3-8-21-15(11-16)13-25-27-21/h1-2,4-7,12-13,16H,3,8-11,24H2,(H,25,27)(H,26,28). The Morgan fingerprint density at radius 1 is 1.24 bits per heavy atom. The van der Waals surface area contributed by atoms with E-state index in [0.29, 0.717) is 24.5 Å². The fraction of sp³-hybridized carbons (Fsp3) is 0.273. The van der Waals surface area contributed by atoms with Crippen molar-refractivity contribution in [1.82, 2.24) is 15.5 Å².